The van der Waals surface area contributed by atoms with Gasteiger partial charge in [-0.05, 0) is 49.6 Å². The third-order valence-corrected chi connectivity index (χ3v) is 4.26. The molecule has 0 unspecified atom stereocenters. The molecule has 0 saturated heterocycles. The minimum atomic E-state index is -0.568. The van der Waals surface area contributed by atoms with Crippen LogP contribution in [0.3, 0.4) is 0 Å². The molecule has 3 rings (SSSR count). The van der Waals surface area contributed by atoms with Crippen LogP contribution >= 0.6 is 11.5 Å². The molecule has 130 valence electrons. The van der Waals surface area contributed by atoms with Gasteiger partial charge in [0.2, 0.25) is 5.91 Å². The molecule has 9 heteroatoms. The van der Waals surface area contributed by atoms with Crippen molar-refractivity contribution >= 4 is 34.2 Å². The Hall–Kier alpha value is -2.81. The van der Waals surface area contributed by atoms with Crippen LogP contribution in [-0.4, -0.2) is 19.4 Å². The van der Waals surface area contributed by atoms with E-state index in [9.17, 15) is 18.8 Å². The Balaban J connectivity index is 1.99. The summed E-state index contributed by atoms with van der Waals surface area (Å²) in [6, 6.07) is 4.93. The molecule has 2 aromatic heterocycles. The van der Waals surface area contributed by atoms with Crippen molar-refractivity contribution in [1.82, 2.24) is 13.5 Å². The van der Waals surface area contributed by atoms with E-state index in [4.69, 9.17) is 0 Å². The van der Waals surface area contributed by atoms with Gasteiger partial charge in [0.25, 0.3) is 5.56 Å². The first-order valence-electron chi connectivity index (χ1n) is 7.53. The number of rotatable bonds is 4. The van der Waals surface area contributed by atoms with E-state index in [1.54, 1.807) is 19.2 Å². The predicted octanol–water partition coefficient (Wildman–Crippen LogP) is 1.98. The van der Waals surface area contributed by atoms with Crippen LogP contribution in [0.25, 0.3) is 11.0 Å². The van der Waals surface area contributed by atoms with Gasteiger partial charge in [-0.3, -0.25) is 18.7 Å². The minimum Gasteiger partial charge on any atom is -0.325 e. The number of benzene rings is 1. The van der Waals surface area contributed by atoms with E-state index in [1.165, 1.54) is 28.8 Å². The number of amides is 1. The van der Waals surface area contributed by atoms with Gasteiger partial charge in [0.05, 0.1) is 5.52 Å². The van der Waals surface area contributed by atoms with E-state index >= 15 is 0 Å². The Kier molecular flexibility index (Phi) is 4.49. The van der Waals surface area contributed by atoms with Gasteiger partial charge in [0, 0.05) is 17.1 Å². The van der Waals surface area contributed by atoms with Gasteiger partial charge in [0.15, 0.2) is 5.52 Å². The van der Waals surface area contributed by atoms with Gasteiger partial charge < -0.3 is 5.32 Å². The Morgan fingerprint density at radius 3 is 2.60 bits per heavy atom. The van der Waals surface area contributed by atoms with Gasteiger partial charge in [-0.15, -0.1) is 0 Å². The molecule has 1 aromatic carbocycles. The SMILES string of the molecule is CC(C)n1c(=O)c2nscc2n(CC(=O)Nc2ccc(F)cc2)c1=O. The first-order valence-corrected chi connectivity index (χ1v) is 8.37. The lowest BCUT2D eigenvalue weighted by Gasteiger charge is -2.14. The molecule has 0 saturated carbocycles. The van der Waals surface area contributed by atoms with E-state index in [2.05, 4.69) is 9.69 Å². The van der Waals surface area contributed by atoms with E-state index in [0.717, 1.165) is 16.1 Å². The summed E-state index contributed by atoms with van der Waals surface area (Å²) >= 11 is 1.05. The van der Waals surface area contributed by atoms with Crippen molar-refractivity contribution in [3.8, 4) is 0 Å². The Bertz CT molecular complexity index is 1050. The van der Waals surface area contributed by atoms with Crippen LogP contribution < -0.4 is 16.6 Å². The lowest BCUT2D eigenvalue weighted by Crippen LogP contribution is -2.42. The third kappa shape index (κ3) is 3.22. The lowest BCUT2D eigenvalue weighted by atomic mass is 10.3. The van der Waals surface area contributed by atoms with Gasteiger partial charge in [0.1, 0.15) is 12.4 Å². The zero-order chi connectivity index (χ0) is 18.1. The van der Waals surface area contributed by atoms with Gasteiger partial charge >= 0.3 is 5.69 Å². The number of nitrogens with zero attached hydrogens (tertiary/aromatic N) is 3. The van der Waals surface area contributed by atoms with Crippen LogP contribution in [0, 0.1) is 5.82 Å². The second-order valence-corrected chi connectivity index (χ2v) is 6.37. The zero-order valence-electron chi connectivity index (χ0n) is 13.5. The molecule has 0 aliphatic carbocycles. The average Bonchev–Trinajstić information content (AvgIpc) is 3.03. The number of carbonyl (C=O) groups excluding carboxylic acids is 1. The molecular weight excluding hydrogens is 347 g/mol. The highest BCUT2D eigenvalue weighted by Gasteiger charge is 2.18. The van der Waals surface area contributed by atoms with Gasteiger partial charge in [-0.1, -0.05) is 0 Å². The maximum atomic E-state index is 12.9. The second kappa shape index (κ2) is 6.60. The monoisotopic (exact) mass is 362 g/mol. The molecule has 1 amide bonds. The summed E-state index contributed by atoms with van der Waals surface area (Å²) in [4.78, 5) is 37.3. The molecule has 7 nitrogen and oxygen atoms in total. The van der Waals surface area contributed by atoms with Gasteiger partial charge in [-0.25, -0.2) is 9.18 Å². The van der Waals surface area contributed by atoms with Crippen LogP contribution in [0.5, 0.6) is 0 Å². The smallest absolute Gasteiger partial charge is 0.325 e. The van der Waals surface area contributed by atoms with Crippen molar-refractivity contribution in [2.45, 2.75) is 26.4 Å². The summed E-state index contributed by atoms with van der Waals surface area (Å²) in [5.74, 6) is -0.876. The Labute approximate surface area is 145 Å². The predicted molar refractivity (Wildman–Crippen MR) is 93.6 cm³/mol. The highest BCUT2D eigenvalue weighted by Crippen LogP contribution is 2.12. The molecule has 0 fully saturated rings. The summed E-state index contributed by atoms with van der Waals surface area (Å²) < 4.78 is 19.3. The van der Waals surface area contributed by atoms with Crippen LogP contribution in [0.15, 0.2) is 39.2 Å². The number of halogens is 1. The number of hydrogen-bond acceptors (Lipinski definition) is 5. The first-order chi connectivity index (χ1) is 11.9. The Morgan fingerprint density at radius 2 is 1.96 bits per heavy atom. The molecule has 2 heterocycles. The molecule has 0 bridgehead atoms. The topological polar surface area (TPSA) is 86.0 Å². The number of hydrogen-bond donors (Lipinski definition) is 1. The second-order valence-electron chi connectivity index (χ2n) is 5.74. The maximum Gasteiger partial charge on any atom is 0.332 e. The van der Waals surface area contributed by atoms with Crippen molar-refractivity contribution < 1.29 is 9.18 Å². The van der Waals surface area contributed by atoms with Crippen molar-refractivity contribution in [3.05, 3.63) is 56.3 Å². The van der Waals surface area contributed by atoms with E-state index in [-0.39, 0.29) is 18.1 Å². The molecule has 0 aliphatic heterocycles. The molecule has 0 atom stereocenters. The van der Waals surface area contributed by atoms with Crippen molar-refractivity contribution in [1.29, 1.82) is 0 Å². The van der Waals surface area contributed by atoms with Crippen LogP contribution in [0.1, 0.15) is 19.9 Å². The molecule has 0 radical (unpaired) electrons. The molecule has 25 heavy (non-hydrogen) atoms. The summed E-state index contributed by atoms with van der Waals surface area (Å²) in [7, 11) is 0. The maximum absolute atomic E-state index is 12.9. The number of nitrogens with one attached hydrogen (secondary N) is 1. The molecule has 1 N–H and O–H groups in total. The van der Waals surface area contributed by atoms with E-state index < -0.39 is 23.0 Å². The van der Waals surface area contributed by atoms with Crippen LogP contribution in [0.2, 0.25) is 0 Å². The summed E-state index contributed by atoms with van der Waals surface area (Å²) in [6.07, 6.45) is 0. The fraction of sp³-hybridized carbons (Fsp3) is 0.250. The molecular formula is C16H15FN4O3S. The molecule has 0 spiro atoms. The third-order valence-electron chi connectivity index (χ3n) is 3.65. The fourth-order valence-electron chi connectivity index (χ4n) is 2.49. The standard InChI is InChI=1S/C16H15FN4O3S/c1-9(2)21-15(23)14-12(8-25-19-14)20(16(21)24)7-13(22)18-11-5-3-10(17)4-6-11/h3-6,8-9H,7H2,1-2H3,(H,18,22). The largest absolute Gasteiger partial charge is 0.332 e. The molecule has 0 aliphatic rings. The summed E-state index contributed by atoms with van der Waals surface area (Å²) in [6.45, 7) is 3.14. The van der Waals surface area contributed by atoms with E-state index in [0.29, 0.717) is 11.2 Å². The normalized spacial score (nSPS) is 11.2. The Morgan fingerprint density at radius 1 is 1.28 bits per heavy atom. The fourth-order valence-corrected chi connectivity index (χ4v) is 3.16. The van der Waals surface area contributed by atoms with E-state index in [1.807, 2.05) is 0 Å². The molecule has 3 aromatic rings. The van der Waals surface area contributed by atoms with Gasteiger partial charge in [-0.2, -0.15) is 4.37 Å². The number of anilines is 1. The quantitative estimate of drug-likeness (QED) is 0.769. The number of fused-ring (bicyclic) bond motifs is 1. The van der Waals surface area contributed by atoms with Crippen molar-refractivity contribution in [3.63, 3.8) is 0 Å². The average molecular weight is 362 g/mol. The van der Waals surface area contributed by atoms with Crippen LogP contribution in [0.4, 0.5) is 10.1 Å². The zero-order valence-corrected chi connectivity index (χ0v) is 14.3. The highest BCUT2D eigenvalue weighted by atomic mass is 32.1. The first kappa shape index (κ1) is 17.0. The minimum absolute atomic E-state index is 0.160. The lowest BCUT2D eigenvalue weighted by molar-refractivity contribution is -0.116. The summed E-state index contributed by atoms with van der Waals surface area (Å²) in [5, 5.41) is 4.16. The van der Waals surface area contributed by atoms with Crippen molar-refractivity contribution in [2.24, 2.45) is 0 Å². The van der Waals surface area contributed by atoms with Crippen LogP contribution in [-0.2, 0) is 11.3 Å². The number of aromatic nitrogens is 3. The van der Waals surface area contributed by atoms with Crippen molar-refractivity contribution in [2.75, 3.05) is 5.32 Å². The number of carbonyl (C=O) groups is 1. The summed E-state index contributed by atoms with van der Waals surface area (Å²) in [5.41, 5.74) is -0.135. The highest BCUT2D eigenvalue weighted by molar-refractivity contribution is 7.04.